The first kappa shape index (κ1) is 20.5. The van der Waals surface area contributed by atoms with Crippen LogP contribution in [0.4, 0.5) is 5.69 Å². The zero-order valence-electron chi connectivity index (χ0n) is 16.2. The molecule has 0 radical (unpaired) electrons. The molecule has 0 aliphatic rings. The maximum atomic E-state index is 12.4. The first-order valence-electron chi connectivity index (χ1n) is 9.46. The lowest BCUT2D eigenvalue weighted by Crippen LogP contribution is -2.24. The van der Waals surface area contributed by atoms with E-state index in [9.17, 15) is 9.59 Å². The summed E-state index contributed by atoms with van der Waals surface area (Å²) >= 11 is 0. The summed E-state index contributed by atoms with van der Waals surface area (Å²) in [5.41, 5.74) is 1.74. The third kappa shape index (κ3) is 6.77. The van der Waals surface area contributed by atoms with E-state index in [1.165, 1.54) is 0 Å². The molecule has 0 bridgehead atoms. The van der Waals surface area contributed by atoms with Gasteiger partial charge in [0.25, 0.3) is 11.8 Å². The van der Waals surface area contributed by atoms with E-state index in [0.717, 1.165) is 25.0 Å². The van der Waals surface area contributed by atoms with Crippen LogP contribution in [-0.2, 0) is 0 Å². The van der Waals surface area contributed by atoms with Gasteiger partial charge in [-0.1, -0.05) is 19.8 Å². The number of rotatable bonds is 9. The van der Waals surface area contributed by atoms with Crippen LogP contribution in [-0.4, -0.2) is 24.5 Å². The highest BCUT2D eigenvalue weighted by molar-refractivity contribution is 6.05. The minimum absolute atomic E-state index is 0.104. The van der Waals surface area contributed by atoms with Gasteiger partial charge >= 0.3 is 0 Å². The van der Waals surface area contributed by atoms with Crippen LogP contribution < -0.4 is 15.4 Å². The van der Waals surface area contributed by atoms with Crippen LogP contribution in [0.25, 0.3) is 0 Å². The summed E-state index contributed by atoms with van der Waals surface area (Å²) in [5, 5.41) is 5.73. The quantitative estimate of drug-likeness (QED) is 0.633. The number of nitrogens with one attached hydrogen (secondary N) is 2. The summed E-state index contributed by atoms with van der Waals surface area (Å²) < 4.78 is 5.59. The molecule has 0 heterocycles. The van der Waals surface area contributed by atoms with Gasteiger partial charge in [-0.25, -0.2) is 0 Å². The maximum absolute atomic E-state index is 12.4. The Balaban J connectivity index is 1.90. The highest BCUT2D eigenvalue weighted by Gasteiger charge is 2.09. The van der Waals surface area contributed by atoms with E-state index >= 15 is 0 Å². The van der Waals surface area contributed by atoms with E-state index in [1.807, 2.05) is 26.0 Å². The highest BCUT2D eigenvalue weighted by atomic mass is 16.5. The van der Waals surface area contributed by atoms with E-state index in [2.05, 4.69) is 17.6 Å². The van der Waals surface area contributed by atoms with Crippen molar-refractivity contribution in [3.8, 4) is 5.75 Å². The maximum Gasteiger partial charge on any atom is 0.255 e. The van der Waals surface area contributed by atoms with Crippen molar-refractivity contribution in [1.29, 1.82) is 0 Å². The Bertz CT molecular complexity index is 737. The Morgan fingerprint density at radius 1 is 0.889 bits per heavy atom. The highest BCUT2D eigenvalue weighted by Crippen LogP contribution is 2.17. The van der Waals surface area contributed by atoms with Gasteiger partial charge in [0.2, 0.25) is 0 Å². The molecule has 0 aliphatic carbocycles. The average molecular weight is 368 g/mol. The van der Waals surface area contributed by atoms with Gasteiger partial charge in [-0.2, -0.15) is 0 Å². The van der Waals surface area contributed by atoms with Gasteiger partial charge in [-0.15, -0.1) is 0 Å². The summed E-state index contributed by atoms with van der Waals surface area (Å²) in [4.78, 5) is 24.4. The smallest absolute Gasteiger partial charge is 0.255 e. The summed E-state index contributed by atoms with van der Waals surface area (Å²) in [6, 6.07) is 13.9. The van der Waals surface area contributed by atoms with E-state index in [-0.39, 0.29) is 17.9 Å². The van der Waals surface area contributed by atoms with Gasteiger partial charge in [0.1, 0.15) is 5.75 Å². The number of hydrogen-bond acceptors (Lipinski definition) is 3. The standard InChI is InChI=1S/C22H28N2O3/c1-4-5-6-15-23-21(25)17-7-9-18(10-8-17)22(26)24-19-11-13-20(14-12-19)27-16(2)3/h7-14,16H,4-6,15H2,1-3H3,(H,23,25)(H,24,26). The third-order valence-electron chi connectivity index (χ3n) is 3.96. The molecule has 5 nitrogen and oxygen atoms in total. The van der Waals surface area contributed by atoms with Crippen molar-refractivity contribution in [1.82, 2.24) is 5.32 Å². The van der Waals surface area contributed by atoms with Crippen molar-refractivity contribution in [2.24, 2.45) is 0 Å². The second-order valence-corrected chi connectivity index (χ2v) is 6.69. The Labute approximate surface area is 161 Å². The van der Waals surface area contributed by atoms with Gasteiger partial charge in [0, 0.05) is 23.4 Å². The van der Waals surface area contributed by atoms with Crippen molar-refractivity contribution in [2.75, 3.05) is 11.9 Å². The fourth-order valence-corrected chi connectivity index (χ4v) is 2.54. The Hall–Kier alpha value is -2.82. The molecular weight excluding hydrogens is 340 g/mol. The SMILES string of the molecule is CCCCCNC(=O)c1ccc(C(=O)Nc2ccc(OC(C)C)cc2)cc1. The molecule has 0 unspecified atom stereocenters. The van der Waals surface area contributed by atoms with Crippen molar-refractivity contribution in [3.05, 3.63) is 59.7 Å². The third-order valence-corrected chi connectivity index (χ3v) is 3.96. The van der Waals surface area contributed by atoms with Crippen LogP contribution in [0.5, 0.6) is 5.75 Å². The summed E-state index contributed by atoms with van der Waals surface area (Å²) in [6.07, 6.45) is 3.30. The Morgan fingerprint density at radius 3 is 2.04 bits per heavy atom. The molecule has 0 aliphatic heterocycles. The summed E-state index contributed by atoms with van der Waals surface area (Å²) in [6.45, 7) is 6.72. The van der Waals surface area contributed by atoms with Crippen LogP contribution in [0.2, 0.25) is 0 Å². The number of hydrogen-bond donors (Lipinski definition) is 2. The summed E-state index contributed by atoms with van der Waals surface area (Å²) in [7, 11) is 0. The second-order valence-electron chi connectivity index (χ2n) is 6.69. The van der Waals surface area contributed by atoms with Crippen molar-refractivity contribution < 1.29 is 14.3 Å². The van der Waals surface area contributed by atoms with Gasteiger partial charge in [0.05, 0.1) is 6.10 Å². The number of carbonyl (C=O) groups excluding carboxylic acids is 2. The minimum Gasteiger partial charge on any atom is -0.491 e. The predicted molar refractivity (Wildman–Crippen MR) is 108 cm³/mol. The molecule has 2 amide bonds. The van der Waals surface area contributed by atoms with E-state index in [0.29, 0.717) is 23.4 Å². The van der Waals surface area contributed by atoms with E-state index in [4.69, 9.17) is 4.74 Å². The molecule has 2 aromatic rings. The number of amides is 2. The van der Waals surface area contributed by atoms with Gasteiger partial charge in [-0.05, 0) is 68.8 Å². The molecule has 2 N–H and O–H groups in total. The zero-order valence-corrected chi connectivity index (χ0v) is 16.2. The van der Waals surface area contributed by atoms with Gasteiger partial charge < -0.3 is 15.4 Å². The first-order valence-corrected chi connectivity index (χ1v) is 9.46. The number of carbonyl (C=O) groups is 2. The van der Waals surface area contributed by atoms with Gasteiger partial charge in [0.15, 0.2) is 0 Å². The molecule has 0 fully saturated rings. The molecule has 0 aromatic heterocycles. The molecular formula is C22H28N2O3. The first-order chi connectivity index (χ1) is 13.0. The molecule has 0 atom stereocenters. The molecule has 144 valence electrons. The molecule has 2 aromatic carbocycles. The number of benzene rings is 2. The van der Waals surface area contributed by atoms with Crippen LogP contribution in [0.15, 0.2) is 48.5 Å². The minimum atomic E-state index is -0.220. The lowest BCUT2D eigenvalue weighted by molar-refractivity contribution is 0.0951. The fourth-order valence-electron chi connectivity index (χ4n) is 2.54. The largest absolute Gasteiger partial charge is 0.491 e. The lowest BCUT2D eigenvalue weighted by Gasteiger charge is -2.11. The van der Waals surface area contributed by atoms with Crippen molar-refractivity contribution in [3.63, 3.8) is 0 Å². The van der Waals surface area contributed by atoms with E-state index in [1.54, 1.807) is 36.4 Å². The molecule has 2 rings (SSSR count). The number of ether oxygens (including phenoxy) is 1. The molecule has 27 heavy (non-hydrogen) atoms. The van der Waals surface area contributed by atoms with Gasteiger partial charge in [-0.3, -0.25) is 9.59 Å². The zero-order chi connectivity index (χ0) is 19.6. The lowest BCUT2D eigenvalue weighted by atomic mass is 10.1. The summed E-state index contributed by atoms with van der Waals surface area (Å²) in [5.74, 6) is 0.429. The molecule has 0 saturated heterocycles. The van der Waals surface area contributed by atoms with Crippen molar-refractivity contribution in [2.45, 2.75) is 46.1 Å². The molecule has 5 heteroatoms. The molecule has 0 spiro atoms. The Kier molecular flexibility index (Phi) is 7.86. The average Bonchev–Trinajstić information content (AvgIpc) is 2.66. The topological polar surface area (TPSA) is 67.4 Å². The second kappa shape index (κ2) is 10.4. The normalized spacial score (nSPS) is 10.5. The van der Waals surface area contributed by atoms with Crippen LogP contribution in [0, 0.1) is 0 Å². The van der Waals surface area contributed by atoms with Crippen LogP contribution in [0.3, 0.4) is 0 Å². The van der Waals surface area contributed by atoms with Crippen LogP contribution >= 0.6 is 0 Å². The van der Waals surface area contributed by atoms with Crippen molar-refractivity contribution >= 4 is 17.5 Å². The fraction of sp³-hybridized carbons (Fsp3) is 0.364. The van der Waals surface area contributed by atoms with E-state index < -0.39 is 0 Å². The van der Waals surface area contributed by atoms with Crippen LogP contribution in [0.1, 0.15) is 60.7 Å². The predicted octanol–water partition coefficient (Wildman–Crippen LogP) is 4.65. The number of anilines is 1. The number of unbranched alkanes of at least 4 members (excludes halogenated alkanes) is 2. The Morgan fingerprint density at radius 2 is 1.48 bits per heavy atom. The monoisotopic (exact) mass is 368 g/mol. The molecule has 0 saturated carbocycles.